The Labute approximate surface area is 78.5 Å². The molecule has 0 saturated carbocycles. The lowest BCUT2D eigenvalue weighted by atomic mass is 10.1. The standard InChI is InChI=1S/C10H12O2S/c1-8-7-10(13(8,11)12)9-5-3-2-4-6-9/h2-6,8,10H,7H2,1H3/t8-,10-/m0/s1. The summed E-state index contributed by atoms with van der Waals surface area (Å²) in [4.78, 5) is 0. The molecule has 0 unspecified atom stereocenters. The maximum Gasteiger partial charge on any atom is 0.159 e. The molecule has 2 atom stereocenters. The van der Waals surface area contributed by atoms with E-state index in [9.17, 15) is 8.42 Å². The Kier molecular flexibility index (Phi) is 1.91. The van der Waals surface area contributed by atoms with Crippen molar-refractivity contribution in [1.82, 2.24) is 0 Å². The van der Waals surface area contributed by atoms with Gasteiger partial charge in [0.25, 0.3) is 0 Å². The average molecular weight is 196 g/mol. The van der Waals surface area contributed by atoms with E-state index in [-0.39, 0.29) is 10.5 Å². The van der Waals surface area contributed by atoms with Gasteiger partial charge in [0.2, 0.25) is 0 Å². The average Bonchev–Trinajstić information content (AvgIpc) is 2.15. The number of benzene rings is 1. The summed E-state index contributed by atoms with van der Waals surface area (Å²) in [6, 6.07) is 9.43. The van der Waals surface area contributed by atoms with Gasteiger partial charge in [0, 0.05) is 0 Å². The first-order valence-electron chi connectivity index (χ1n) is 4.40. The first-order chi connectivity index (χ1) is 6.12. The van der Waals surface area contributed by atoms with Crippen molar-refractivity contribution in [2.24, 2.45) is 0 Å². The fourth-order valence-electron chi connectivity index (χ4n) is 1.72. The summed E-state index contributed by atoms with van der Waals surface area (Å²) in [5.41, 5.74) is 0.931. The first-order valence-corrected chi connectivity index (χ1v) is 6.01. The van der Waals surface area contributed by atoms with Crippen molar-refractivity contribution in [2.75, 3.05) is 0 Å². The highest BCUT2D eigenvalue weighted by atomic mass is 32.2. The zero-order valence-corrected chi connectivity index (χ0v) is 8.29. The SMILES string of the molecule is C[C@H]1C[C@@H](c2ccccc2)S1(=O)=O. The molecule has 1 aliphatic rings. The molecule has 0 spiro atoms. The lowest BCUT2D eigenvalue weighted by Crippen LogP contribution is -2.37. The van der Waals surface area contributed by atoms with Crippen LogP contribution in [0.15, 0.2) is 30.3 Å². The van der Waals surface area contributed by atoms with Gasteiger partial charge in [-0.1, -0.05) is 30.3 Å². The highest BCUT2D eigenvalue weighted by Crippen LogP contribution is 2.41. The van der Waals surface area contributed by atoms with Crippen molar-refractivity contribution in [2.45, 2.75) is 23.8 Å². The van der Waals surface area contributed by atoms with E-state index < -0.39 is 9.84 Å². The Bertz CT molecular complexity index is 394. The van der Waals surface area contributed by atoms with Gasteiger partial charge in [-0.15, -0.1) is 0 Å². The molecule has 1 fully saturated rings. The maximum absolute atomic E-state index is 11.5. The van der Waals surface area contributed by atoms with E-state index in [0.717, 1.165) is 12.0 Å². The van der Waals surface area contributed by atoms with E-state index in [0.29, 0.717) is 0 Å². The molecule has 1 saturated heterocycles. The topological polar surface area (TPSA) is 34.1 Å². The molecule has 3 heteroatoms. The molecule has 13 heavy (non-hydrogen) atoms. The number of hydrogen-bond acceptors (Lipinski definition) is 2. The van der Waals surface area contributed by atoms with Gasteiger partial charge in [0.15, 0.2) is 9.84 Å². The fraction of sp³-hybridized carbons (Fsp3) is 0.400. The molecule has 0 aromatic heterocycles. The van der Waals surface area contributed by atoms with Crippen molar-refractivity contribution in [1.29, 1.82) is 0 Å². The van der Waals surface area contributed by atoms with Crippen LogP contribution in [0.4, 0.5) is 0 Å². The van der Waals surface area contributed by atoms with Crippen LogP contribution in [0.5, 0.6) is 0 Å². The lowest BCUT2D eigenvalue weighted by molar-refractivity contribution is 0.521. The van der Waals surface area contributed by atoms with Crippen LogP contribution in [0.2, 0.25) is 0 Å². The van der Waals surface area contributed by atoms with Gasteiger partial charge in [-0.05, 0) is 18.9 Å². The molecule has 0 amide bonds. The van der Waals surface area contributed by atoms with E-state index >= 15 is 0 Å². The van der Waals surface area contributed by atoms with Crippen LogP contribution in [0.3, 0.4) is 0 Å². The molecule has 1 aromatic carbocycles. The second kappa shape index (κ2) is 2.84. The van der Waals surface area contributed by atoms with Crippen LogP contribution < -0.4 is 0 Å². The molecule has 1 heterocycles. The summed E-state index contributed by atoms with van der Waals surface area (Å²) < 4.78 is 23.1. The second-order valence-electron chi connectivity index (χ2n) is 3.53. The van der Waals surface area contributed by atoms with Crippen LogP contribution in [0.25, 0.3) is 0 Å². The second-order valence-corrected chi connectivity index (χ2v) is 6.09. The zero-order chi connectivity index (χ0) is 9.47. The van der Waals surface area contributed by atoms with Crippen LogP contribution in [0, 0.1) is 0 Å². The van der Waals surface area contributed by atoms with E-state index in [1.54, 1.807) is 6.92 Å². The van der Waals surface area contributed by atoms with E-state index in [1.807, 2.05) is 30.3 Å². The molecule has 2 rings (SSSR count). The number of sulfone groups is 1. The summed E-state index contributed by atoms with van der Waals surface area (Å²) in [6.07, 6.45) is 0.770. The third kappa shape index (κ3) is 1.27. The van der Waals surface area contributed by atoms with E-state index in [4.69, 9.17) is 0 Å². The smallest absolute Gasteiger partial charge is 0.159 e. The van der Waals surface area contributed by atoms with Gasteiger partial charge in [-0.2, -0.15) is 0 Å². The molecular formula is C10H12O2S. The van der Waals surface area contributed by atoms with Crippen LogP contribution in [-0.4, -0.2) is 13.7 Å². The Morgan fingerprint density at radius 2 is 1.85 bits per heavy atom. The summed E-state index contributed by atoms with van der Waals surface area (Å²) in [7, 11) is -2.85. The van der Waals surface area contributed by atoms with Crippen molar-refractivity contribution < 1.29 is 8.42 Å². The highest BCUT2D eigenvalue weighted by molar-refractivity contribution is 7.93. The van der Waals surface area contributed by atoms with Gasteiger partial charge in [0.1, 0.15) is 0 Å². The molecule has 2 nitrogen and oxygen atoms in total. The molecule has 0 bridgehead atoms. The maximum atomic E-state index is 11.5. The fourth-order valence-corrected chi connectivity index (χ4v) is 3.48. The van der Waals surface area contributed by atoms with E-state index in [2.05, 4.69) is 0 Å². The predicted octanol–water partition coefficient (Wildman–Crippen LogP) is 1.93. The molecule has 1 aromatic rings. The van der Waals surface area contributed by atoms with Crippen molar-refractivity contribution >= 4 is 9.84 Å². The predicted molar refractivity (Wildman–Crippen MR) is 52.2 cm³/mol. The largest absolute Gasteiger partial charge is 0.228 e. The number of hydrogen-bond donors (Lipinski definition) is 0. The summed E-state index contributed by atoms with van der Waals surface area (Å²) >= 11 is 0. The first kappa shape index (κ1) is 8.75. The summed E-state index contributed by atoms with van der Waals surface area (Å²) in [5, 5.41) is -0.401. The monoisotopic (exact) mass is 196 g/mol. The van der Waals surface area contributed by atoms with Gasteiger partial charge in [0.05, 0.1) is 10.5 Å². The third-order valence-corrected chi connectivity index (χ3v) is 5.25. The highest BCUT2D eigenvalue weighted by Gasteiger charge is 2.43. The van der Waals surface area contributed by atoms with Crippen molar-refractivity contribution in [3.63, 3.8) is 0 Å². The summed E-state index contributed by atoms with van der Waals surface area (Å²) in [6.45, 7) is 1.77. The van der Waals surface area contributed by atoms with E-state index in [1.165, 1.54) is 0 Å². The van der Waals surface area contributed by atoms with Gasteiger partial charge in [-0.3, -0.25) is 0 Å². The Balaban J connectivity index is 2.33. The minimum absolute atomic E-state index is 0.155. The molecule has 0 radical (unpaired) electrons. The van der Waals surface area contributed by atoms with Crippen molar-refractivity contribution in [3.8, 4) is 0 Å². The minimum Gasteiger partial charge on any atom is -0.228 e. The van der Waals surface area contributed by atoms with Crippen LogP contribution in [-0.2, 0) is 9.84 Å². The molecule has 1 aliphatic heterocycles. The Morgan fingerprint density at radius 3 is 2.31 bits per heavy atom. The third-order valence-electron chi connectivity index (χ3n) is 2.67. The van der Waals surface area contributed by atoms with Crippen LogP contribution in [0.1, 0.15) is 24.2 Å². The number of rotatable bonds is 1. The molecule has 0 N–H and O–H groups in total. The quantitative estimate of drug-likeness (QED) is 0.687. The van der Waals surface area contributed by atoms with Crippen molar-refractivity contribution in [3.05, 3.63) is 35.9 Å². The lowest BCUT2D eigenvalue weighted by Gasteiger charge is -2.32. The Morgan fingerprint density at radius 1 is 1.23 bits per heavy atom. The normalized spacial score (nSPS) is 30.8. The molecular weight excluding hydrogens is 184 g/mol. The molecule has 0 aliphatic carbocycles. The van der Waals surface area contributed by atoms with Gasteiger partial charge in [-0.25, -0.2) is 8.42 Å². The van der Waals surface area contributed by atoms with Gasteiger partial charge >= 0.3 is 0 Å². The zero-order valence-electron chi connectivity index (χ0n) is 7.47. The van der Waals surface area contributed by atoms with Gasteiger partial charge < -0.3 is 0 Å². The molecule has 70 valence electrons. The Hall–Kier alpha value is -0.830. The minimum atomic E-state index is -2.85. The summed E-state index contributed by atoms with van der Waals surface area (Å²) in [5.74, 6) is 0. The van der Waals surface area contributed by atoms with Crippen LogP contribution >= 0.6 is 0 Å².